The molecule has 0 saturated carbocycles. The molecular weight excluding hydrogens is 238 g/mol. The van der Waals surface area contributed by atoms with Crippen molar-refractivity contribution in [2.24, 2.45) is 0 Å². The van der Waals surface area contributed by atoms with Crippen molar-refractivity contribution < 1.29 is 9.47 Å². The van der Waals surface area contributed by atoms with Crippen LogP contribution in [0.4, 0.5) is 0 Å². The maximum absolute atomic E-state index is 6.11. The summed E-state index contributed by atoms with van der Waals surface area (Å²) in [7, 11) is 3.24. The van der Waals surface area contributed by atoms with E-state index in [1.165, 1.54) is 0 Å². The number of hydrogen-bond donors (Lipinski definition) is 0. The minimum Gasteiger partial charge on any atom is -0.497 e. The average molecular weight is 252 g/mol. The SMILES string of the molecule is CCc1cc2cc(OC)cc(OC)c2nc1Cl. The van der Waals surface area contributed by atoms with Crippen LogP contribution in [0.3, 0.4) is 0 Å². The van der Waals surface area contributed by atoms with E-state index in [9.17, 15) is 0 Å². The number of pyridine rings is 1. The first-order chi connectivity index (χ1) is 8.19. The topological polar surface area (TPSA) is 31.4 Å². The normalized spacial score (nSPS) is 10.6. The van der Waals surface area contributed by atoms with Gasteiger partial charge in [0.25, 0.3) is 0 Å². The highest BCUT2D eigenvalue weighted by Crippen LogP contribution is 2.32. The van der Waals surface area contributed by atoms with E-state index in [0.29, 0.717) is 10.9 Å². The van der Waals surface area contributed by atoms with Gasteiger partial charge in [-0.25, -0.2) is 4.98 Å². The predicted molar refractivity (Wildman–Crippen MR) is 69.2 cm³/mol. The minimum absolute atomic E-state index is 0.531. The number of benzene rings is 1. The molecular formula is C13H14ClNO2. The van der Waals surface area contributed by atoms with Gasteiger partial charge in [0.05, 0.1) is 14.2 Å². The molecule has 0 amide bonds. The van der Waals surface area contributed by atoms with Crippen molar-refractivity contribution in [2.45, 2.75) is 13.3 Å². The third-order valence-corrected chi connectivity index (χ3v) is 3.05. The lowest BCUT2D eigenvalue weighted by molar-refractivity contribution is 0.397. The molecule has 17 heavy (non-hydrogen) atoms. The van der Waals surface area contributed by atoms with E-state index in [2.05, 4.69) is 4.98 Å². The van der Waals surface area contributed by atoms with Gasteiger partial charge in [0.2, 0.25) is 0 Å². The van der Waals surface area contributed by atoms with Gasteiger partial charge in [0.15, 0.2) is 0 Å². The van der Waals surface area contributed by atoms with E-state index >= 15 is 0 Å². The van der Waals surface area contributed by atoms with Crippen LogP contribution in [-0.2, 0) is 6.42 Å². The fourth-order valence-corrected chi connectivity index (χ4v) is 2.04. The number of aromatic nitrogens is 1. The summed E-state index contributed by atoms with van der Waals surface area (Å²) in [5.74, 6) is 1.42. The molecule has 0 spiro atoms. The molecule has 2 rings (SSSR count). The fourth-order valence-electron chi connectivity index (χ4n) is 1.77. The summed E-state index contributed by atoms with van der Waals surface area (Å²) in [6.07, 6.45) is 0.849. The van der Waals surface area contributed by atoms with Crippen molar-refractivity contribution in [3.05, 3.63) is 28.9 Å². The quantitative estimate of drug-likeness (QED) is 0.783. The van der Waals surface area contributed by atoms with Gasteiger partial charge in [-0.3, -0.25) is 0 Å². The van der Waals surface area contributed by atoms with Crippen LogP contribution in [0.15, 0.2) is 18.2 Å². The van der Waals surface area contributed by atoms with E-state index in [4.69, 9.17) is 21.1 Å². The van der Waals surface area contributed by atoms with E-state index in [0.717, 1.165) is 28.6 Å². The number of methoxy groups -OCH3 is 2. The van der Waals surface area contributed by atoms with Crippen molar-refractivity contribution in [3.63, 3.8) is 0 Å². The van der Waals surface area contributed by atoms with Crippen LogP contribution >= 0.6 is 11.6 Å². The lowest BCUT2D eigenvalue weighted by Gasteiger charge is -2.10. The second kappa shape index (κ2) is 4.80. The smallest absolute Gasteiger partial charge is 0.148 e. The van der Waals surface area contributed by atoms with E-state index in [1.807, 2.05) is 19.1 Å². The van der Waals surface area contributed by atoms with Crippen molar-refractivity contribution in [1.29, 1.82) is 0 Å². The van der Waals surface area contributed by atoms with Gasteiger partial charge in [0.1, 0.15) is 22.2 Å². The Morgan fingerprint density at radius 1 is 1.18 bits per heavy atom. The molecule has 4 heteroatoms. The maximum Gasteiger partial charge on any atom is 0.148 e. The largest absolute Gasteiger partial charge is 0.497 e. The number of nitrogens with zero attached hydrogens (tertiary/aromatic N) is 1. The minimum atomic E-state index is 0.531. The fraction of sp³-hybridized carbons (Fsp3) is 0.308. The first-order valence-corrected chi connectivity index (χ1v) is 5.78. The van der Waals surface area contributed by atoms with Crippen LogP contribution in [0.5, 0.6) is 11.5 Å². The van der Waals surface area contributed by atoms with Crippen molar-refractivity contribution in [2.75, 3.05) is 14.2 Å². The summed E-state index contributed by atoms with van der Waals surface area (Å²) < 4.78 is 10.5. The number of halogens is 1. The molecule has 0 N–H and O–H groups in total. The molecule has 0 unspecified atom stereocenters. The highest BCUT2D eigenvalue weighted by molar-refractivity contribution is 6.30. The maximum atomic E-state index is 6.11. The Bertz CT molecular complexity index is 555. The summed E-state index contributed by atoms with van der Waals surface area (Å²) in [5.41, 5.74) is 1.78. The van der Waals surface area contributed by atoms with Gasteiger partial charge in [0, 0.05) is 11.5 Å². The Morgan fingerprint density at radius 3 is 2.53 bits per heavy atom. The van der Waals surface area contributed by atoms with Gasteiger partial charge in [-0.15, -0.1) is 0 Å². The number of aryl methyl sites for hydroxylation is 1. The molecule has 3 nitrogen and oxygen atoms in total. The third kappa shape index (κ3) is 2.15. The van der Waals surface area contributed by atoms with Gasteiger partial charge in [-0.05, 0) is 24.1 Å². The van der Waals surface area contributed by atoms with Gasteiger partial charge >= 0.3 is 0 Å². The molecule has 1 aromatic carbocycles. The molecule has 2 aromatic rings. The van der Waals surface area contributed by atoms with Crippen LogP contribution in [0.25, 0.3) is 10.9 Å². The Balaban J connectivity index is 2.75. The van der Waals surface area contributed by atoms with Crippen LogP contribution in [0, 0.1) is 0 Å². The van der Waals surface area contributed by atoms with Gasteiger partial charge in [-0.1, -0.05) is 18.5 Å². The molecule has 0 atom stereocenters. The molecule has 0 fully saturated rings. The Hall–Kier alpha value is -1.48. The summed E-state index contributed by atoms with van der Waals surface area (Å²) in [4.78, 5) is 4.38. The van der Waals surface area contributed by atoms with Crippen molar-refractivity contribution in [3.8, 4) is 11.5 Å². The van der Waals surface area contributed by atoms with E-state index in [1.54, 1.807) is 20.3 Å². The number of rotatable bonds is 3. The Labute approximate surface area is 105 Å². The standard InChI is InChI=1S/C13H14ClNO2/c1-4-8-5-9-6-10(16-2)7-11(17-3)12(9)15-13(8)14/h5-7H,4H2,1-3H3. The molecule has 0 aliphatic heterocycles. The zero-order chi connectivity index (χ0) is 12.4. The average Bonchev–Trinajstić information content (AvgIpc) is 2.36. The number of ether oxygens (including phenoxy) is 2. The van der Waals surface area contributed by atoms with Gasteiger partial charge < -0.3 is 9.47 Å². The van der Waals surface area contributed by atoms with Crippen molar-refractivity contribution in [1.82, 2.24) is 4.98 Å². The second-order valence-electron chi connectivity index (χ2n) is 3.69. The van der Waals surface area contributed by atoms with Crippen LogP contribution in [0.1, 0.15) is 12.5 Å². The van der Waals surface area contributed by atoms with Crippen LogP contribution in [-0.4, -0.2) is 19.2 Å². The highest BCUT2D eigenvalue weighted by Gasteiger charge is 2.10. The number of hydrogen-bond acceptors (Lipinski definition) is 3. The van der Waals surface area contributed by atoms with E-state index < -0.39 is 0 Å². The summed E-state index contributed by atoms with van der Waals surface area (Å²) >= 11 is 6.11. The zero-order valence-electron chi connectivity index (χ0n) is 10.1. The molecule has 0 aliphatic rings. The number of fused-ring (bicyclic) bond motifs is 1. The first-order valence-electron chi connectivity index (χ1n) is 5.40. The van der Waals surface area contributed by atoms with Crippen LogP contribution in [0.2, 0.25) is 5.15 Å². The van der Waals surface area contributed by atoms with E-state index in [-0.39, 0.29) is 0 Å². The summed E-state index contributed by atoms with van der Waals surface area (Å²) in [6.45, 7) is 2.05. The second-order valence-corrected chi connectivity index (χ2v) is 4.05. The summed E-state index contributed by atoms with van der Waals surface area (Å²) in [5, 5.41) is 1.51. The Morgan fingerprint density at radius 2 is 1.94 bits per heavy atom. The van der Waals surface area contributed by atoms with Crippen molar-refractivity contribution >= 4 is 22.5 Å². The summed E-state index contributed by atoms with van der Waals surface area (Å²) in [6, 6.07) is 5.76. The molecule has 90 valence electrons. The molecule has 0 bridgehead atoms. The molecule has 1 aromatic heterocycles. The highest BCUT2D eigenvalue weighted by atomic mass is 35.5. The first kappa shape index (κ1) is 12.0. The van der Waals surface area contributed by atoms with Gasteiger partial charge in [-0.2, -0.15) is 0 Å². The van der Waals surface area contributed by atoms with Crippen LogP contribution < -0.4 is 9.47 Å². The lowest BCUT2D eigenvalue weighted by atomic mass is 10.1. The molecule has 1 heterocycles. The Kier molecular flexibility index (Phi) is 3.38. The molecule has 0 aliphatic carbocycles. The zero-order valence-corrected chi connectivity index (χ0v) is 10.8. The third-order valence-electron chi connectivity index (χ3n) is 2.72. The monoisotopic (exact) mass is 251 g/mol. The molecule has 0 saturated heterocycles. The predicted octanol–water partition coefficient (Wildman–Crippen LogP) is 3.47. The lowest BCUT2D eigenvalue weighted by Crippen LogP contribution is -1.93. The molecule has 0 radical (unpaired) electrons.